The Bertz CT molecular complexity index is 592. The Morgan fingerprint density at radius 3 is 2.22 bits per heavy atom. The summed E-state index contributed by atoms with van der Waals surface area (Å²) < 4.78 is 0. The summed E-state index contributed by atoms with van der Waals surface area (Å²) in [6.07, 6.45) is 5.10. The van der Waals surface area contributed by atoms with Crippen LogP contribution in [0.5, 0.6) is 0 Å². The van der Waals surface area contributed by atoms with E-state index in [0.717, 1.165) is 25.9 Å². The second-order valence-electron chi connectivity index (χ2n) is 6.27. The molecule has 0 aromatic heterocycles. The summed E-state index contributed by atoms with van der Waals surface area (Å²) in [5.74, 6) is -0.502. The maximum Gasteiger partial charge on any atom is 0.228 e. The number of hydrogen-bond acceptors (Lipinski definition) is 2. The molecule has 1 heterocycles. The Kier molecular flexibility index (Phi) is 5.12. The molecule has 1 aromatic rings. The molecule has 23 heavy (non-hydrogen) atoms. The van der Waals surface area contributed by atoms with Crippen LogP contribution < -0.4 is 5.32 Å². The highest BCUT2D eigenvalue weighted by Gasteiger charge is 2.49. The minimum Gasteiger partial charge on any atom is -0.342 e. The average Bonchev–Trinajstić information content (AvgIpc) is 3.33. The van der Waals surface area contributed by atoms with Crippen molar-refractivity contribution < 1.29 is 9.59 Å². The van der Waals surface area contributed by atoms with Crippen molar-refractivity contribution in [2.24, 2.45) is 11.8 Å². The van der Waals surface area contributed by atoms with Gasteiger partial charge in [0.1, 0.15) is 0 Å². The van der Waals surface area contributed by atoms with Gasteiger partial charge in [0.15, 0.2) is 0 Å². The van der Waals surface area contributed by atoms with Gasteiger partial charge in [-0.3, -0.25) is 9.59 Å². The van der Waals surface area contributed by atoms with Gasteiger partial charge in [-0.15, -0.1) is 0 Å². The van der Waals surface area contributed by atoms with Gasteiger partial charge in [0, 0.05) is 13.1 Å². The number of nitrogens with zero attached hydrogens (tertiary/aromatic N) is 1. The highest BCUT2D eigenvalue weighted by molar-refractivity contribution is 6.39. The van der Waals surface area contributed by atoms with Crippen LogP contribution in [0.2, 0.25) is 10.0 Å². The van der Waals surface area contributed by atoms with E-state index >= 15 is 0 Å². The molecule has 2 amide bonds. The zero-order valence-corrected chi connectivity index (χ0v) is 14.4. The average molecular weight is 355 g/mol. The summed E-state index contributed by atoms with van der Waals surface area (Å²) >= 11 is 12.1. The first-order chi connectivity index (χ1) is 11.1. The summed E-state index contributed by atoms with van der Waals surface area (Å²) in [6, 6.07) is 5.08. The lowest BCUT2D eigenvalue weighted by atomic mass is 10.2. The molecule has 6 heteroatoms. The number of benzene rings is 1. The molecule has 1 saturated carbocycles. The number of hydrogen-bond donors (Lipinski definition) is 1. The highest BCUT2D eigenvalue weighted by atomic mass is 35.5. The zero-order chi connectivity index (χ0) is 16.4. The Hall–Kier alpha value is -1.26. The summed E-state index contributed by atoms with van der Waals surface area (Å²) in [6.45, 7) is 1.64. The molecule has 1 N–H and O–H groups in total. The van der Waals surface area contributed by atoms with Crippen molar-refractivity contribution >= 4 is 40.7 Å². The van der Waals surface area contributed by atoms with E-state index in [4.69, 9.17) is 23.2 Å². The summed E-state index contributed by atoms with van der Waals surface area (Å²) in [7, 11) is 0. The van der Waals surface area contributed by atoms with E-state index in [-0.39, 0.29) is 23.7 Å². The zero-order valence-electron chi connectivity index (χ0n) is 12.9. The van der Waals surface area contributed by atoms with Crippen LogP contribution >= 0.6 is 23.2 Å². The summed E-state index contributed by atoms with van der Waals surface area (Å²) in [5.41, 5.74) is 0.425. The van der Waals surface area contributed by atoms with E-state index in [1.165, 1.54) is 12.8 Å². The van der Waals surface area contributed by atoms with Crippen molar-refractivity contribution in [3.8, 4) is 0 Å². The predicted octanol–water partition coefficient (Wildman–Crippen LogP) is 3.97. The van der Waals surface area contributed by atoms with Gasteiger partial charge in [0.2, 0.25) is 11.8 Å². The molecule has 1 aliphatic carbocycles. The monoisotopic (exact) mass is 354 g/mol. The smallest absolute Gasteiger partial charge is 0.228 e. The molecule has 2 aliphatic rings. The third-order valence-corrected chi connectivity index (χ3v) is 5.20. The number of carbonyl (C=O) groups excluding carboxylic acids is 2. The first kappa shape index (κ1) is 16.6. The number of halogens is 2. The molecule has 3 rings (SSSR count). The van der Waals surface area contributed by atoms with Crippen LogP contribution in [0.25, 0.3) is 0 Å². The largest absolute Gasteiger partial charge is 0.342 e. The molecular formula is C17H20Cl2N2O2. The number of amides is 2. The van der Waals surface area contributed by atoms with Gasteiger partial charge in [0.25, 0.3) is 0 Å². The van der Waals surface area contributed by atoms with Crippen molar-refractivity contribution in [2.75, 3.05) is 18.4 Å². The lowest BCUT2D eigenvalue weighted by molar-refractivity contribution is -0.134. The maximum atomic E-state index is 12.5. The molecule has 1 aromatic carbocycles. The quantitative estimate of drug-likeness (QED) is 0.892. The minimum atomic E-state index is -0.266. The van der Waals surface area contributed by atoms with Crippen LogP contribution in [0.15, 0.2) is 18.2 Å². The van der Waals surface area contributed by atoms with Gasteiger partial charge in [-0.2, -0.15) is 0 Å². The van der Waals surface area contributed by atoms with E-state index in [2.05, 4.69) is 5.32 Å². The van der Waals surface area contributed by atoms with Crippen molar-refractivity contribution in [1.82, 2.24) is 4.90 Å². The normalized spacial score (nSPS) is 24.0. The highest BCUT2D eigenvalue weighted by Crippen LogP contribution is 2.42. The second-order valence-corrected chi connectivity index (χ2v) is 7.09. The van der Waals surface area contributed by atoms with Crippen molar-refractivity contribution in [2.45, 2.75) is 32.1 Å². The molecule has 4 nitrogen and oxygen atoms in total. The predicted molar refractivity (Wildman–Crippen MR) is 91.7 cm³/mol. The molecule has 2 atom stereocenters. The maximum absolute atomic E-state index is 12.5. The van der Waals surface area contributed by atoms with Gasteiger partial charge in [-0.25, -0.2) is 0 Å². The number of likely N-dealkylation sites (tertiary alicyclic amines) is 1. The van der Waals surface area contributed by atoms with Crippen molar-refractivity contribution in [3.05, 3.63) is 28.2 Å². The van der Waals surface area contributed by atoms with Crippen LogP contribution in [-0.2, 0) is 9.59 Å². The molecular weight excluding hydrogens is 335 g/mol. The second kappa shape index (κ2) is 7.10. The number of para-hydroxylation sites is 1. The summed E-state index contributed by atoms with van der Waals surface area (Å²) in [5, 5.41) is 3.58. The number of nitrogens with one attached hydrogen (secondary N) is 1. The number of rotatable bonds is 3. The fourth-order valence-electron chi connectivity index (χ4n) is 3.12. The van der Waals surface area contributed by atoms with Gasteiger partial charge >= 0.3 is 0 Å². The topological polar surface area (TPSA) is 49.4 Å². The first-order valence-corrected chi connectivity index (χ1v) is 8.87. The van der Waals surface area contributed by atoms with Crippen molar-refractivity contribution in [1.29, 1.82) is 0 Å². The fourth-order valence-corrected chi connectivity index (χ4v) is 3.61. The van der Waals surface area contributed by atoms with Gasteiger partial charge in [-0.1, -0.05) is 42.1 Å². The molecule has 0 radical (unpaired) electrons. The molecule has 0 bridgehead atoms. The van der Waals surface area contributed by atoms with E-state index in [0.29, 0.717) is 22.2 Å². The fraction of sp³-hybridized carbons (Fsp3) is 0.529. The lowest BCUT2D eigenvalue weighted by Crippen LogP contribution is -2.34. The van der Waals surface area contributed by atoms with Crippen LogP contribution in [0.4, 0.5) is 5.69 Å². The van der Waals surface area contributed by atoms with E-state index in [1.54, 1.807) is 18.2 Å². The summed E-state index contributed by atoms with van der Waals surface area (Å²) in [4.78, 5) is 26.8. The Labute approximate surface area is 146 Å². The number of anilines is 1. The van der Waals surface area contributed by atoms with Crippen LogP contribution in [0, 0.1) is 11.8 Å². The van der Waals surface area contributed by atoms with Crippen LogP contribution in [0.3, 0.4) is 0 Å². The minimum absolute atomic E-state index is 0.123. The van der Waals surface area contributed by atoms with E-state index < -0.39 is 0 Å². The molecule has 2 fully saturated rings. The molecule has 124 valence electrons. The third-order valence-electron chi connectivity index (χ3n) is 4.57. The van der Waals surface area contributed by atoms with Gasteiger partial charge < -0.3 is 10.2 Å². The molecule has 0 spiro atoms. The van der Waals surface area contributed by atoms with E-state index in [9.17, 15) is 9.59 Å². The van der Waals surface area contributed by atoms with Gasteiger partial charge in [-0.05, 0) is 31.4 Å². The molecule has 1 saturated heterocycles. The number of carbonyl (C=O) groups is 2. The van der Waals surface area contributed by atoms with Crippen molar-refractivity contribution in [3.63, 3.8) is 0 Å². The molecule has 1 aliphatic heterocycles. The first-order valence-electron chi connectivity index (χ1n) is 8.11. The van der Waals surface area contributed by atoms with Crippen LogP contribution in [0.1, 0.15) is 32.1 Å². The Balaban J connectivity index is 1.59. The molecule has 2 unspecified atom stereocenters. The standard InChI is InChI=1S/C17H20Cl2N2O2/c18-13-6-5-7-14(19)15(13)20-16(22)11-10-12(11)17(23)21-8-3-1-2-4-9-21/h5-7,11-12H,1-4,8-10H2,(H,20,22). The van der Waals surface area contributed by atoms with Crippen LogP contribution in [-0.4, -0.2) is 29.8 Å². The Morgan fingerprint density at radius 2 is 1.61 bits per heavy atom. The lowest BCUT2D eigenvalue weighted by Gasteiger charge is -2.20. The van der Waals surface area contributed by atoms with E-state index in [1.807, 2.05) is 4.90 Å². The van der Waals surface area contributed by atoms with Gasteiger partial charge in [0.05, 0.1) is 27.6 Å². The third kappa shape index (κ3) is 3.81. The Morgan fingerprint density at radius 1 is 1.00 bits per heavy atom. The SMILES string of the molecule is O=C(Nc1c(Cl)cccc1Cl)C1CC1C(=O)N1CCCCCC1.